The van der Waals surface area contributed by atoms with Gasteiger partial charge in [-0.1, -0.05) is 30.3 Å². The summed E-state index contributed by atoms with van der Waals surface area (Å²) in [5, 5.41) is 6.18. The molecule has 3 aromatic rings. The maximum atomic E-state index is 13.3. The molecule has 1 unspecified atom stereocenters. The van der Waals surface area contributed by atoms with Crippen LogP contribution in [0, 0.1) is 6.92 Å². The molecule has 1 fully saturated rings. The molecular formula is C26H27N5O2. The lowest BCUT2D eigenvalue weighted by Crippen LogP contribution is -2.42. The van der Waals surface area contributed by atoms with E-state index in [4.69, 9.17) is 4.98 Å². The highest BCUT2D eigenvalue weighted by Crippen LogP contribution is 2.35. The number of fused-ring (bicyclic) bond motifs is 1. The Kier molecular flexibility index (Phi) is 5.77. The first-order chi connectivity index (χ1) is 16.1. The maximum absolute atomic E-state index is 13.3. The number of pyridine rings is 2. The molecule has 5 rings (SSSR count). The number of hydrogen-bond acceptors (Lipinski definition) is 5. The molecule has 0 radical (unpaired) electrons. The Morgan fingerprint density at radius 3 is 2.70 bits per heavy atom. The lowest BCUT2D eigenvalue weighted by atomic mass is 9.87. The van der Waals surface area contributed by atoms with Gasteiger partial charge < -0.3 is 15.5 Å². The minimum Gasteiger partial charge on any atom is -0.342 e. The Morgan fingerprint density at radius 2 is 1.88 bits per heavy atom. The maximum Gasteiger partial charge on any atom is 0.230 e. The molecule has 1 atom stereocenters. The van der Waals surface area contributed by atoms with Crippen molar-refractivity contribution in [3.63, 3.8) is 0 Å². The molecule has 168 valence electrons. The van der Waals surface area contributed by atoms with Gasteiger partial charge in [-0.2, -0.15) is 0 Å². The van der Waals surface area contributed by atoms with Crippen molar-refractivity contribution in [1.82, 2.24) is 14.9 Å². The third kappa shape index (κ3) is 4.44. The fourth-order valence-corrected chi connectivity index (χ4v) is 4.73. The van der Waals surface area contributed by atoms with Crippen LogP contribution in [0.4, 0.5) is 17.3 Å². The Labute approximate surface area is 193 Å². The van der Waals surface area contributed by atoms with Gasteiger partial charge in [-0.15, -0.1) is 0 Å². The number of aromatic nitrogens is 2. The van der Waals surface area contributed by atoms with Gasteiger partial charge in [0.2, 0.25) is 11.8 Å². The summed E-state index contributed by atoms with van der Waals surface area (Å²) in [6, 6.07) is 17.5. The lowest BCUT2D eigenvalue weighted by Gasteiger charge is -2.35. The molecule has 7 nitrogen and oxygen atoms in total. The number of aryl methyl sites for hydroxylation is 1. The van der Waals surface area contributed by atoms with Gasteiger partial charge in [-0.25, -0.2) is 9.97 Å². The van der Waals surface area contributed by atoms with Crippen LogP contribution in [0.15, 0.2) is 60.8 Å². The van der Waals surface area contributed by atoms with Crippen LogP contribution in [0.3, 0.4) is 0 Å². The van der Waals surface area contributed by atoms with Gasteiger partial charge in [-0.05, 0) is 55.2 Å². The number of rotatable bonds is 4. The minimum atomic E-state index is -0.404. The van der Waals surface area contributed by atoms with E-state index < -0.39 is 5.92 Å². The number of para-hydroxylation sites is 1. The first-order valence-electron chi connectivity index (χ1n) is 11.4. The summed E-state index contributed by atoms with van der Waals surface area (Å²) in [6.45, 7) is 3.35. The number of likely N-dealkylation sites (tertiary alicyclic amines) is 1. The van der Waals surface area contributed by atoms with Crippen LogP contribution in [0.25, 0.3) is 0 Å². The van der Waals surface area contributed by atoms with Crippen molar-refractivity contribution in [2.45, 2.75) is 38.0 Å². The number of hydrogen-bond donors (Lipinski definition) is 2. The number of carbonyl (C=O) groups excluding carboxylic acids is 2. The van der Waals surface area contributed by atoms with Crippen LogP contribution in [-0.2, 0) is 9.59 Å². The molecule has 1 aromatic carbocycles. The largest absolute Gasteiger partial charge is 0.342 e. The summed E-state index contributed by atoms with van der Waals surface area (Å²) in [5.41, 5.74) is 3.76. The van der Waals surface area contributed by atoms with E-state index in [9.17, 15) is 9.59 Å². The molecule has 0 aliphatic carbocycles. The second-order valence-electron chi connectivity index (χ2n) is 8.73. The molecule has 2 aliphatic rings. The van der Waals surface area contributed by atoms with Crippen LogP contribution < -0.4 is 10.6 Å². The van der Waals surface area contributed by atoms with Crippen LogP contribution in [0.1, 0.15) is 47.9 Å². The molecule has 33 heavy (non-hydrogen) atoms. The summed E-state index contributed by atoms with van der Waals surface area (Å²) in [7, 11) is 0. The summed E-state index contributed by atoms with van der Waals surface area (Å²) < 4.78 is 0. The normalized spacial score (nSPS) is 18.4. The van der Waals surface area contributed by atoms with Gasteiger partial charge in [0.25, 0.3) is 0 Å². The zero-order valence-corrected chi connectivity index (χ0v) is 18.6. The Morgan fingerprint density at radius 1 is 1.06 bits per heavy atom. The van der Waals surface area contributed by atoms with Crippen molar-refractivity contribution >= 4 is 29.1 Å². The second kappa shape index (κ2) is 9.02. The average Bonchev–Trinajstić information content (AvgIpc) is 2.85. The van der Waals surface area contributed by atoms with E-state index in [0.29, 0.717) is 19.0 Å². The van der Waals surface area contributed by atoms with Crippen molar-refractivity contribution in [2.24, 2.45) is 0 Å². The Bertz CT molecular complexity index is 1190. The number of nitrogens with zero attached hydrogens (tertiary/aromatic N) is 3. The molecule has 0 bridgehead atoms. The van der Waals surface area contributed by atoms with Crippen molar-refractivity contribution in [1.29, 1.82) is 0 Å². The molecule has 7 heteroatoms. The highest BCUT2D eigenvalue weighted by molar-refractivity contribution is 6.01. The van der Waals surface area contributed by atoms with Crippen molar-refractivity contribution in [3.05, 3.63) is 77.6 Å². The number of amides is 2. The number of benzene rings is 1. The van der Waals surface area contributed by atoms with Crippen molar-refractivity contribution in [2.75, 3.05) is 23.7 Å². The fourth-order valence-electron chi connectivity index (χ4n) is 4.73. The van der Waals surface area contributed by atoms with E-state index in [1.807, 2.05) is 60.4 Å². The van der Waals surface area contributed by atoms with E-state index in [-0.39, 0.29) is 18.2 Å². The molecule has 2 aromatic heterocycles. The highest BCUT2D eigenvalue weighted by atomic mass is 16.2. The Hall–Kier alpha value is -3.74. The van der Waals surface area contributed by atoms with E-state index in [1.54, 1.807) is 6.20 Å². The quantitative estimate of drug-likeness (QED) is 0.628. The smallest absolute Gasteiger partial charge is 0.230 e. The van der Waals surface area contributed by atoms with Gasteiger partial charge in [0.15, 0.2) is 0 Å². The van der Waals surface area contributed by atoms with Gasteiger partial charge in [0, 0.05) is 43.0 Å². The predicted molar refractivity (Wildman–Crippen MR) is 127 cm³/mol. The van der Waals surface area contributed by atoms with Crippen molar-refractivity contribution < 1.29 is 9.59 Å². The third-order valence-electron chi connectivity index (χ3n) is 6.55. The fraction of sp³-hybridized carbons (Fsp3) is 0.308. The molecular weight excluding hydrogens is 414 g/mol. The van der Waals surface area contributed by atoms with Crippen LogP contribution >= 0.6 is 0 Å². The molecule has 2 N–H and O–H groups in total. The highest BCUT2D eigenvalue weighted by Gasteiger charge is 2.35. The van der Waals surface area contributed by atoms with Gasteiger partial charge in [0.05, 0.1) is 5.92 Å². The lowest BCUT2D eigenvalue weighted by molar-refractivity contribution is -0.135. The number of piperidine rings is 1. The topological polar surface area (TPSA) is 87.2 Å². The van der Waals surface area contributed by atoms with Gasteiger partial charge in [-0.3, -0.25) is 9.59 Å². The molecule has 0 saturated carbocycles. The Balaban J connectivity index is 1.25. The molecule has 2 amide bonds. The SMILES string of the molecule is Cc1cccnc1Nc1cccc(C2CCN(C(=O)C3CC(=O)Nc4ccccc43)CC2)n1. The summed E-state index contributed by atoms with van der Waals surface area (Å²) in [5.74, 6) is 1.42. The van der Waals surface area contributed by atoms with Crippen molar-refractivity contribution in [3.8, 4) is 0 Å². The second-order valence-corrected chi connectivity index (χ2v) is 8.73. The molecule has 4 heterocycles. The minimum absolute atomic E-state index is 0.0461. The van der Waals surface area contributed by atoms with E-state index >= 15 is 0 Å². The number of anilines is 3. The zero-order valence-electron chi connectivity index (χ0n) is 18.6. The monoisotopic (exact) mass is 441 g/mol. The third-order valence-corrected chi connectivity index (χ3v) is 6.55. The average molecular weight is 442 g/mol. The summed E-state index contributed by atoms with van der Waals surface area (Å²) in [4.78, 5) is 36.6. The van der Waals surface area contributed by atoms with Gasteiger partial charge in [0.1, 0.15) is 11.6 Å². The molecule has 1 saturated heterocycles. The number of nitrogens with one attached hydrogen (secondary N) is 2. The van der Waals surface area contributed by atoms with E-state index in [1.165, 1.54) is 0 Å². The van der Waals surface area contributed by atoms with Crippen LogP contribution in [0.2, 0.25) is 0 Å². The van der Waals surface area contributed by atoms with Gasteiger partial charge >= 0.3 is 0 Å². The van der Waals surface area contributed by atoms with Crippen LogP contribution in [-0.4, -0.2) is 39.8 Å². The van der Waals surface area contributed by atoms with Crippen LogP contribution in [0.5, 0.6) is 0 Å². The number of carbonyl (C=O) groups is 2. The molecule has 2 aliphatic heterocycles. The first kappa shape index (κ1) is 21.1. The predicted octanol–water partition coefficient (Wildman–Crippen LogP) is 4.36. The van der Waals surface area contributed by atoms with E-state index in [2.05, 4.69) is 21.7 Å². The van der Waals surface area contributed by atoms with E-state index in [0.717, 1.165) is 47.0 Å². The standard InChI is InChI=1S/C26H27N5O2/c1-17-6-5-13-27-25(17)30-23-10-4-9-21(28-23)18-11-14-31(15-12-18)26(33)20-16-24(32)29-22-8-3-2-7-19(20)22/h2-10,13,18,20H,11-12,14-16H2,1H3,(H,29,32)(H,27,28,30). The summed E-state index contributed by atoms with van der Waals surface area (Å²) in [6.07, 6.45) is 3.68. The first-order valence-corrected chi connectivity index (χ1v) is 11.4. The zero-order chi connectivity index (χ0) is 22.8. The molecule has 0 spiro atoms. The summed E-state index contributed by atoms with van der Waals surface area (Å²) >= 11 is 0.